The van der Waals surface area contributed by atoms with Crippen molar-refractivity contribution in [1.82, 2.24) is 9.97 Å². The Balaban J connectivity index is 2.00. The highest BCUT2D eigenvalue weighted by atomic mass is 79.9. The van der Waals surface area contributed by atoms with Crippen LogP contribution in [0.5, 0.6) is 0 Å². The highest BCUT2D eigenvalue weighted by Gasteiger charge is 2.15. The van der Waals surface area contributed by atoms with E-state index < -0.39 is 0 Å². The number of hydrogen-bond donors (Lipinski definition) is 3. The standard InChI is InChI=1S/C22H25BrN4O/c1-14(2)20(13-28)26-22-25-19(16-8-5-4-6-9-16)12-21(27-22)24-18-11-7-10-17(23)15(18)3/h4-12,14,20,28H,13H2,1-3H3,(H2,24,25,26,27)/t20-/m1/s1. The molecular formula is C22H25BrN4O. The first-order valence-corrected chi connectivity index (χ1v) is 10.1. The van der Waals surface area contributed by atoms with Gasteiger partial charge in [-0.05, 0) is 30.5 Å². The Kier molecular flexibility index (Phi) is 6.65. The lowest BCUT2D eigenvalue weighted by molar-refractivity contribution is 0.248. The van der Waals surface area contributed by atoms with Crippen molar-refractivity contribution in [2.24, 2.45) is 5.92 Å². The largest absolute Gasteiger partial charge is 0.394 e. The third-order valence-corrected chi connectivity index (χ3v) is 5.50. The van der Waals surface area contributed by atoms with Crippen LogP contribution >= 0.6 is 15.9 Å². The number of aromatic nitrogens is 2. The van der Waals surface area contributed by atoms with Gasteiger partial charge in [0.1, 0.15) is 5.82 Å². The summed E-state index contributed by atoms with van der Waals surface area (Å²) < 4.78 is 1.04. The van der Waals surface area contributed by atoms with Crippen molar-refractivity contribution < 1.29 is 5.11 Å². The average molecular weight is 441 g/mol. The number of benzene rings is 2. The van der Waals surface area contributed by atoms with Gasteiger partial charge in [-0.3, -0.25) is 0 Å². The van der Waals surface area contributed by atoms with E-state index in [9.17, 15) is 5.11 Å². The Morgan fingerprint density at radius 1 is 1.04 bits per heavy atom. The maximum atomic E-state index is 9.68. The summed E-state index contributed by atoms with van der Waals surface area (Å²) in [5, 5.41) is 16.3. The van der Waals surface area contributed by atoms with Crippen molar-refractivity contribution >= 4 is 33.4 Å². The van der Waals surface area contributed by atoms with Crippen molar-refractivity contribution in [3.05, 3.63) is 64.6 Å². The molecule has 0 spiro atoms. The highest BCUT2D eigenvalue weighted by Crippen LogP contribution is 2.28. The molecule has 5 nitrogen and oxygen atoms in total. The van der Waals surface area contributed by atoms with E-state index in [4.69, 9.17) is 0 Å². The van der Waals surface area contributed by atoms with Gasteiger partial charge in [0, 0.05) is 21.8 Å². The summed E-state index contributed by atoms with van der Waals surface area (Å²) in [7, 11) is 0. The van der Waals surface area contributed by atoms with E-state index in [-0.39, 0.29) is 18.6 Å². The van der Waals surface area contributed by atoms with E-state index in [0.29, 0.717) is 11.8 Å². The van der Waals surface area contributed by atoms with Crippen molar-refractivity contribution in [3.63, 3.8) is 0 Å². The van der Waals surface area contributed by atoms with Gasteiger partial charge in [0.15, 0.2) is 0 Å². The van der Waals surface area contributed by atoms with Crippen molar-refractivity contribution in [2.45, 2.75) is 26.8 Å². The molecule has 2 aromatic carbocycles. The van der Waals surface area contributed by atoms with Gasteiger partial charge in [-0.1, -0.05) is 66.2 Å². The molecule has 0 aliphatic carbocycles. The van der Waals surface area contributed by atoms with Gasteiger partial charge in [-0.2, -0.15) is 4.98 Å². The number of aliphatic hydroxyl groups excluding tert-OH is 1. The Hall–Kier alpha value is -2.44. The van der Waals surface area contributed by atoms with Gasteiger partial charge in [-0.25, -0.2) is 4.98 Å². The van der Waals surface area contributed by atoms with Gasteiger partial charge in [0.25, 0.3) is 0 Å². The number of anilines is 3. The lowest BCUT2D eigenvalue weighted by Gasteiger charge is -2.21. The zero-order chi connectivity index (χ0) is 20.1. The molecule has 0 fully saturated rings. The van der Waals surface area contributed by atoms with E-state index in [0.717, 1.165) is 27.0 Å². The van der Waals surface area contributed by atoms with E-state index in [1.807, 2.05) is 61.5 Å². The Labute approximate surface area is 174 Å². The number of nitrogens with zero attached hydrogens (tertiary/aromatic N) is 2. The molecule has 0 aliphatic rings. The summed E-state index contributed by atoms with van der Waals surface area (Å²) in [5.74, 6) is 1.43. The highest BCUT2D eigenvalue weighted by molar-refractivity contribution is 9.10. The molecular weight excluding hydrogens is 416 g/mol. The molecule has 0 amide bonds. The predicted octanol–water partition coefficient (Wildman–Crippen LogP) is 5.39. The summed E-state index contributed by atoms with van der Waals surface area (Å²) in [6.07, 6.45) is 0. The van der Waals surface area contributed by atoms with E-state index in [1.54, 1.807) is 0 Å². The van der Waals surface area contributed by atoms with Gasteiger partial charge in [0.05, 0.1) is 18.3 Å². The van der Waals surface area contributed by atoms with Crippen LogP contribution in [0, 0.1) is 12.8 Å². The number of nitrogens with one attached hydrogen (secondary N) is 2. The van der Waals surface area contributed by atoms with Crippen molar-refractivity contribution in [3.8, 4) is 11.3 Å². The zero-order valence-electron chi connectivity index (χ0n) is 16.3. The third kappa shape index (κ3) is 4.88. The molecule has 0 aliphatic heterocycles. The zero-order valence-corrected chi connectivity index (χ0v) is 17.9. The number of halogens is 1. The van der Waals surface area contributed by atoms with Crippen LogP contribution in [0.4, 0.5) is 17.5 Å². The molecule has 146 valence electrons. The van der Waals surface area contributed by atoms with Crippen LogP contribution in [0.25, 0.3) is 11.3 Å². The number of hydrogen-bond acceptors (Lipinski definition) is 5. The quantitative estimate of drug-likeness (QED) is 0.459. The second-order valence-electron chi connectivity index (χ2n) is 7.04. The molecule has 3 rings (SSSR count). The molecule has 0 bridgehead atoms. The molecule has 0 radical (unpaired) electrons. The molecule has 1 atom stereocenters. The first-order chi connectivity index (χ1) is 13.5. The second kappa shape index (κ2) is 9.17. The second-order valence-corrected chi connectivity index (χ2v) is 7.90. The Bertz CT molecular complexity index is 931. The maximum absolute atomic E-state index is 9.68. The van der Waals surface area contributed by atoms with Gasteiger partial charge < -0.3 is 15.7 Å². The fourth-order valence-corrected chi connectivity index (χ4v) is 3.17. The fraction of sp³-hybridized carbons (Fsp3) is 0.273. The van der Waals surface area contributed by atoms with Crippen molar-refractivity contribution in [1.29, 1.82) is 0 Å². The van der Waals surface area contributed by atoms with Crippen LogP contribution in [0.1, 0.15) is 19.4 Å². The van der Waals surface area contributed by atoms with Crippen LogP contribution < -0.4 is 10.6 Å². The SMILES string of the molecule is Cc1c(Br)cccc1Nc1cc(-c2ccccc2)nc(N[C@H](CO)C(C)C)n1. The normalized spacial score (nSPS) is 12.1. The molecule has 0 unspecified atom stereocenters. The summed E-state index contributed by atoms with van der Waals surface area (Å²) in [6, 6.07) is 17.8. The lowest BCUT2D eigenvalue weighted by atomic mass is 10.1. The Morgan fingerprint density at radius 2 is 1.79 bits per heavy atom. The topological polar surface area (TPSA) is 70.1 Å². The van der Waals surface area contributed by atoms with Crippen LogP contribution in [0.15, 0.2) is 59.1 Å². The minimum Gasteiger partial charge on any atom is -0.394 e. The summed E-state index contributed by atoms with van der Waals surface area (Å²) in [6.45, 7) is 6.17. The van der Waals surface area contributed by atoms with Gasteiger partial charge >= 0.3 is 0 Å². The lowest BCUT2D eigenvalue weighted by Crippen LogP contribution is -2.30. The molecule has 0 saturated carbocycles. The predicted molar refractivity (Wildman–Crippen MR) is 119 cm³/mol. The van der Waals surface area contributed by atoms with Crippen LogP contribution in [0.2, 0.25) is 0 Å². The van der Waals surface area contributed by atoms with E-state index in [2.05, 4.69) is 50.4 Å². The number of rotatable bonds is 7. The van der Waals surface area contributed by atoms with Gasteiger partial charge in [-0.15, -0.1) is 0 Å². The molecule has 1 aromatic heterocycles. The summed E-state index contributed by atoms with van der Waals surface area (Å²) in [4.78, 5) is 9.31. The van der Waals surface area contributed by atoms with Gasteiger partial charge in [0.2, 0.25) is 5.95 Å². The fourth-order valence-electron chi connectivity index (χ4n) is 2.80. The Morgan fingerprint density at radius 3 is 2.46 bits per heavy atom. The minimum absolute atomic E-state index is 0.0179. The summed E-state index contributed by atoms with van der Waals surface area (Å²) >= 11 is 3.57. The molecule has 0 saturated heterocycles. The first kappa shape index (κ1) is 20.3. The molecule has 3 N–H and O–H groups in total. The van der Waals surface area contributed by atoms with E-state index in [1.165, 1.54) is 0 Å². The smallest absolute Gasteiger partial charge is 0.225 e. The monoisotopic (exact) mass is 440 g/mol. The summed E-state index contributed by atoms with van der Waals surface area (Å²) in [5.41, 5.74) is 3.90. The first-order valence-electron chi connectivity index (χ1n) is 9.32. The van der Waals surface area contributed by atoms with Crippen LogP contribution in [0.3, 0.4) is 0 Å². The van der Waals surface area contributed by atoms with E-state index >= 15 is 0 Å². The molecule has 28 heavy (non-hydrogen) atoms. The molecule has 6 heteroatoms. The third-order valence-electron chi connectivity index (χ3n) is 4.64. The maximum Gasteiger partial charge on any atom is 0.225 e. The van der Waals surface area contributed by atoms with Crippen molar-refractivity contribution in [2.75, 3.05) is 17.2 Å². The average Bonchev–Trinajstić information content (AvgIpc) is 2.70. The molecule has 1 heterocycles. The van der Waals surface area contributed by atoms with Crippen LogP contribution in [-0.2, 0) is 0 Å². The number of aliphatic hydroxyl groups is 1. The van der Waals surface area contributed by atoms with Crippen LogP contribution in [-0.4, -0.2) is 27.7 Å². The molecule has 3 aromatic rings. The minimum atomic E-state index is -0.119.